The second kappa shape index (κ2) is 4.90. The molecule has 1 aromatic carbocycles. The molecular formula is C14H20N4. The van der Waals surface area contributed by atoms with Gasteiger partial charge in [0, 0.05) is 5.92 Å². The van der Waals surface area contributed by atoms with Crippen LogP contribution in [0.15, 0.2) is 18.2 Å². The summed E-state index contributed by atoms with van der Waals surface area (Å²) in [6, 6.07) is 6.30. The maximum Gasteiger partial charge on any atom is 0.153 e. The zero-order valence-corrected chi connectivity index (χ0v) is 11.4. The van der Waals surface area contributed by atoms with Crippen LogP contribution in [0.3, 0.4) is 0 Å². The number of benzene rings is 1. The molecule has 1 aromatic heterocycles. The molecule has 96 valence electrons. The smallest absolute Gasteiger partial charge is 0.153 e. The minimum atomic E-state index is 0.308. The van der Waals surface area contributed by atoms with Gasteiger partial charge in [-0.2, -0.15) is 5.10 Å². The minimum absolute atomic E-state index is 0.308. The number of hydrogen-bond donors (Lipinski definition) is 1. The first kappa shape index (κ1) is 12.8. The van der Waals surface area contributed by atoms with E-state index >= 15 is 0 Å². The monoisotopic (exact) mass is 244 g/mol. The third-order valence-electron chi connectivity index (χ3n) is 2.97. The standard InChI is InChI=1S/C14H20N4/c1-9(2)14-16-13(8-15)18(17-14)12-6-5-10(3)7-11(12)4/h5-7,9H,8,15H2,1-4H3. The summed E-state index contributed by atoms with van der Waals surface area (Å²) in [5.74, 6) is 1.96. The van der Waals surface area contributed by atoms with E-state index in [2.05, 4.69) is 56.0 Å². The van der Waals surface area contributed by atoms with Gasteiger partial charge in [-0.1, -0.05) is 31.5 Å². The Balaban J connectivity index is 2.55. The van der Waals surface area contributed by atoms with Crippen LogP contribution in [0, 0.1) is 13.8 Å². The van der Waals surface area contributed by atoms with E-state index in [0.29, 0.717) is 12.5 Å². The first-order chi connectivity index (χ1) is 8.52. The fourth-order valence-electron chi connectivity index (χ4n) is 1.97. The Morgan fingerprint density at radius 3 is 2.56 bits per heavy atom. The van der Waals surface area contributed by atoms with Crippen LogP contribution in [0.1, 0.15) is 42.5 Å². The average molecular weight is 244 g/mol. The Morgan fingerprint density at radius 1 is 1.28 bits per heavy atom. The Kier molecular flexibility index (Phi) is 3.48. The summed E-state index contributed by atoms with van der Waals surface area (Å²) < 4.78 is 1.87. The highest BCUT2D eigenvalue weighted by atomic mass is 15.4. The molecule has 0 spiro atoms. The second-order valence-electron chi connectivity index (χ2n) is 4.95. The lowest BCUT2D eigenvalue weighted by molar-refractivity contribution is 0.743. The SMILES string of the molecule is Cc1ccc(-n2nc(C(C)C)nc2CN)c(C)c1. The van der Waals surface area contributed by atoms with Crippen molar-refractivity contribution >= 4 is 0 Å². The normalized spacial score (nSPS) is 11.2. The summed E-state index contributed by atoms with van der Waals surface area (Å²) in [7, 11) is 0. The largest absolute Gasteiger partial charge is 0.324 e. The predicted octanol–water partition coefficient (Wildman–Crippen LogP) is 2.47. The van der Waals surface area contributed by atoms with Crippen molar-refractivity contribution in [3.63, 3.8) is 0 Å². The van der Waals surface area contributed by atoms with Gasteiger partial charge in [0.05, 0.1) is 12.2 Å². The summed E-state index contributed by atoms with van der Waals surface area (Å²) in [6.45, 7) is 8.73. The van der Waals surface area contributed by atoms with Crippen molar-refractivity contribution in [2.75, 3.05) is 0 Å². The molecule has 0 aliphatic heterocycles. The molecule has 0 saturated heterocycles. The molecule has 18 heavy (non-hydrogen) atoms. The second-order valence-corrected chi connectivity index (χ2v) is 4.95. The zero-order valence-electron chi connectivity index (χ0n) is 11.4. The van der Waals surface area contributed by atoms with Crippen molar-refractivity contribution in [2.45, 2.75) is 40.2 Å². The molecule has 0 bridgehead atoms. The summed E-state index contributed by atoms with van der Waals surface area (Å²) in [6.07, 6.45) is 0. The van der Waals surface area contributed by atoms with Crippen molar-refractivity contribution in [3.05, 3.63) is 41.0 Å². The number of hydrogen-bond acceptors (Lipinski definition) is 3. The Hall–Kier alpha value is -1.68. The van der Waals surface area contributed by atoms with Gasteiger partial charge in [0.25, 0.3) is 0 Å². The van der Waals surface area contributed by atoms with Crippen LogP contribution in [0.25, 0.3) is 5.69 Å². The number of aromatic nitrogens is 3. The topological polar surface area (TPSA) is 56.7 Å². The summed E-state index contributed by atoms with van der Waals surface area (Å²) >= 11 is 0. The van der Waals surface area contributed by atoms with Gasteiger partial charge in [-0.3, -0.25) is 0 Å². The Morgan fingerprint density at radius 2 is 2.00 bits per heavy atom. The maximum atomic E-state index is 5.76. The predicted molar refractivity (Wildman–Crippen MR) is 72.8 cm³/mol. The van der Waals surface area contributed by atoms with E-state index in [4.69, 9.17) is 5.73 Å². The van der Waals surface area contributed by atoms with Crippen molar-refractivity contribution < 1.29 is 0 Å². The van der Waals surface area contributed by atoms with Crippen molar-refractivity contribution in [1.29, 1.82) is 0 Å². The van der Waals surface area contributed by atoms with Gasteiger partial charge in [-0.25, -0.2) is 9.67 Å². The van der Waals surface area contributed by atoms with Crippen LogP contribution < -0.4 is 5.73 Å². The van der Waals surface area contributed by atoms with E-state index < -0.39 is 0 Å². The third kappa shape index (κ3) is 2.29. The quantitative estimate of drug-likeness (QED) is 0.902. The van der Waals surface area contributed by atoms with E-state index in [-0.39, 0.29) is 0 Å². The summed E-state index contributed by atoms with van der Waals surface area (Å²) in [5, 5.41) is 4.57. The van der Waals surface area contributed by atoms with Gasteiger partial charge in [-0.15, -0.1) is 0 Å². The molecule has 2 aromatic rings. The highest BCUT2D eigenvalue weighted by Crippen LogP contribution is 2.18. The molecule has 0 amide bonds. The first-order valence-electron chi connectivity index (χ1n) is 6.26. The lowest BCUT2D eigenvalue weighted by Crippen LogP contribution is -2.09. The lowest BCUT2D eigenvalue weighted by Gasteiger charge is -2.08. The van der Waals surface area contributed by atoms with Gasteiger partial charge in [0.2, 0.25) is 0 Å². The fourth-order valence-corrected chi connectivity index (χ4v) is 1.97. The van der Waals surface area contributed by atoms with Crippen LogP contribution in [0.5, 0.6) is 0 Å². The summed E-state index contributed by atoms with van der Waals surface area (Å²) in [4.78, 5) is 4.49. The molecule has 2 N–H and O–H groups in total. The minimum Gasteiger partial charge on any atom is -0.324 e. The molecule has 0 saturated carbocycles. The van der Waals surface area contributed by atoms with Gasteiger partial charge in [0.1, 0.15) is 5.82 Å². The molecule has 4 nitrogen and oxygen atoms in total. The molecule has 0 fully saturated rings. The van der Waals surface area contributed by atoms with Gasteiger partial charge < -0.3 is 5.73 Å². The van der Waals surface area contributed by atoms with E-state index in [1.54, 1.807) is 0 Å². The molecule has 0 aliphatic rings. The number of rotatable bonds is 3. The number of nitrogens with two attached hydrogens (primary N) is 1. The van der Waals surface area contributed by atoms with Crippen LogP contribution in [0.4, 0.5) is 0 Å². The van der Waals surface area contributed by atoms with Gasteiger partial charge >= 0.3 is 0 Å². The van der Waals surface area contributed by atoms with Gasteiger partial charge in [-0.05, 0) is 25.5 Å². The molecule has 0 atom stereocenters. The number of nitrogens with zero attached hydrogens (tertiary/aromatic N) is 3. The fraction of sp³-hybridized carbons (Fsp3) is 0.429. The number of aryl methyl sites for hydroxylation is 2. The van der Waals surface area contributed by atoms with E-state index in [0.717, 1.165) is 17.3 Å². The van der Waals surface area contributed by atoms with Crippen molar-refractivity contribution in [3.8, 4) is 5.69 Å². The van der Waals surface area contributed by atoms with Crippen LogP contribution in [-0.4, -0.2) is 14.8 Å². The van der Waals surface area contributed by atoms with E-state index in [9.17, 15) is 0 Å². The van der Waals surface area contributed by atoms with E-state index in [1.807, 2.05) is 4.68 Å². The zero-order chi connectivity index (χ0) is 13.3. The molecule has 0 aliphatic carbocycles. The Bertz CT molecular complexity index is 555. The highest BCUT2D eigenvalue weighted by molar-refractivity contribution is 5.42. The van der Waals surface area contributed by atoms with Crippen molar-refractivity contribution in [1.82, 2.24) is 14.8 Å². The van der Waals surface area contributed by atoms with Gasteiger partial charge in [0.15, 0.2) is 5.82 Å². The summed E-state index contributed by atoms with van der Waals surface area (Å²) in [5.41, 5.74) is 9.24. The molecule has 0 radical (unpaired) electrons. The van der Waals surface area contributed by atoms with Crippen LogP contribution in [-0.2, 0) is 6.54 Å². The molecule has 0 unspecified atom stereocenters. The van der Waals surface area contributed by atoms with Crippen LogP contribution >= 0.6 is 0 Å². The average Bonchev–Trinajstić information content (AvgIpc) is 2.73. The molecule has 2 rings (SSSR count). The Labute approximate surface area is 108 Å². The first-order valence-corrected chi connectivity index (χ1v) is 6.26. The molecule has 4 heteroatoms. The highest BCUT2D eigenvalue weighted by Gasteiger charge is 2.14. The van der Waals surface area contributed by atoms with E-state index in [1.165, 1.54) is 11.1 Å². The lowest BCUT2D eigenvalue weighted by atomic mass is 10.1. The molecular weight excluding hydrogens is 224 g/mol. The van der Waals surface area contributed by atoms with Crippen LogP contribution in [0.2, 0.25) is 0 Å². The maximum absolute atomic E-state index is 5.76. The molecule has 1 heterocycles. The van der Waals surface area contributed by atoms with Crippen molar-refractivity contribution in [2.24, 2.45) is 5.73 Å². The third-order valence-corrected chi connectivity index (χ3v) is 2.97.